The molecule has 0 bridgehead atoms. The van der Waals surface area contributed by atoms with Gasteiger partial charge in [-0.3, -0.25) is 0 Å². The summed E-state index contributed by atoms with van der Waals surface area (Å²) in [5.41, 5.74) is 5.05. The largest absolute Gasteiger partial charge is 0.312 e. The van der Waals surface area contributed by atoms with E-state index in [1.807, 2.05) is 22.9 Å². The summed E-state index contributed by atoms with van der Waals surface area (Å²) >= 11 is 0. The summed E-state index contributed by atoms with van der Waals surface area (Å²) in [6.07, 6.45) is 0. The highest BCUT2D eigenvalue weighted by atomic mass is 15.3. The second-order valence-corrected chi connectivity index (χ2v) is 6.56. The highest BCUT2D eigenvalue weighted by Crippen LogP contribution is 2.18. The Kier molecular flexibility index (Phi) is 4.29. The predicted octanol–water partition coefficient (Wildman–Crippen LogP) is 3.62. The van der Waals surface area contributed by atoms with Crippen molar-refractivity contribution in [2.75, 3.05) is 6.54 Å². The molecule has 0 aliphatic heterocycles. The van der Waals surface area contributed by atoms with Crippen LogP contribution in [0.25, 0.3) is 5.69 Å². The van der Waals surface area contributed by atoms with E-state index in [1.54, 1.807) is 0 Å². The van der Waals surface area contributed by atoms with Gasteiger partial charge in [-0.25, -0.2) is 4.68 Å². The first-order chi connectivity index (χ1) is 9.38. The summed E-state index contributed by atoms with van der Waals surface area (Å²) in [4.78, 5) is 0. The lowest BCUT2D eigenvalue weighted by Crippen LogP contribution is -2.26. The summed E-state index contributed by atoms with van der Waals surface area (Å²) in [5, 5.41) is 8.21. The van der Waals surface area contributed by atoms with Crippen LogP contribution in [0.4, 0.5) is 0 Å². The molecular formula is C17H25N3. The molecule has 1 N–H and O–H groups in total. The molecule has 0 saturated carbocycles. The molecule has 1 aromatic heterocycles. The molecule has 20 heavy (non-hydrogen) atoms. The molecule has 3 nitrogen and oxygen atoms in total. The standard InChI is InChI=1S/C17H25N3/c1-13-16(11-18-12-17(3,4)5)14(2)20(19-13)15-9-7-6-8-10-15/h6-10,18H,11-12H2,1-5H3. The van der Waals surface area contributed by atoms with Crippen LogP contribution < -0.4 is 5.32 Å². The highest BCUT2D eigenvalue weighted by molar-refractivity contribution is 5.36. The molecule has 0 atom stereocenters. The third kappa shape index (κ3) is 3.48. The third-order valence-corrected chi connectivity index (χ3v) is 3.40. The van der Waals surface area contributed by atoms with Gasteiger partial charge in [0.1, 0.15) is 0 Å². The molecule has 0 radical (unpaired) electrons. The van der Waals surface area contributed by atoms with Crippen molar-refractivity contribution in [1.82, 2.24) is 15.1 Å². The lowest BCUT2D eigenvalue weighted by molar-refractivity contribution is 0.379. The van der Waals surface area contributed by atoms with Crippen LogP contribution in [0.3, 0.4) is 0 Å². The topological polar surface area (TPSA) is 29.9 Å². The number of hydrogen-bond donors (Lipinski definition) is 1. The number of hydrogen-bond acceptors (Lipinski definition) is 2. The molecule has 1 heterocycles. The Labute approximate surface area is 122 Å². The number of aromatic nitrogens is 2. The Hall–Kier alpha value is -1.61. The van der Waals surface area contributed by atoms with E-state index in [0.717, 1.165) is 24.5 Å². The van der Waals surface area contributed by atoms with Crippen molar-refractivity contribution < 1.29 is 0 Å². The predicted molar refractivity (Wildman–Crippen MR) is 84.2 cm³/mol. The molecule has 0 amide bonds. The zero-order chi connectivity index (χ0) is 14.8. The molecule has 108 valence electrons. The van der Waals surface area contributed by atoms with Gasteiger partial charge in [0.15, 0.2) is 0 Å². The number of aryl methyl sites for hydroxylation is 1. The monoisotopic (exact) mass is 271 g/mol. The third-order valence-electron chi connectivity index (χ3n) is 3.40. The summed E-state index contributed by atoms with van der Waals surface area (Å²) in [5.74, 6) is 0. The molecule has 0 unspecified atom stereocenters. The van der Waals surface area contributed by atoms with E-state index in [9.17, 15) is 0 Å². The van der Waals surface area contributed by atoms with Crippen LogP contribution in [0.1, 0.15) is 37.7 Å². The highest BCUT2D eigenvalue weighted by Gasteiger charge is 2.14. The van der Waals surface area contributed by atoms with Gasteiger partial charge in [-0.2, -0.15) is 5.10 Å². The van der Waals surface area contributed by atoms with Crippen molar-refractivity contribution in [3.8, 4) is 5.69 Å². The average Bonchev–Trinajstić information content (AvgIpc) is 2.66. The first-order valence-corrected chi connectivity index (χ1v) is 7.20. The molecule has 0 aliphatic rings. The Balaban J connectivity index is 2.18. The molecule has 1 aromatic carbocycles. The lowest BCUT2D eigenvalue weighted by atomic mass is 9.97. The number of para-hydroxylation sites is 1. The number of benzene rings is 1. The maximum absolute atomic E-state index is 4.67. The molecular weight excluding hydrogens is 246 g/mol. The SMILES string of the molecule is Cc1nn(-c2ccccc2)c(C)c1CNCC(C)(C)C. The van der Waals surface area contributed by atoms with Crippen molar-refractivity contribution in [2.45, 2.75) is 41.2 Å². The fourth-order valence-corrected chi connectivity index (χ4v) is 2.31. The van der Waals surface area contributed by atoms with Gasteiger partial charge in [-0.15, -0.1) is 0 Å². The van der Waals surface area contributed by atoms with E-state index >= 15 is 0 Å². The van der Waals surface area contributed by atoms with E-state index in [2.05, 4.69) is 57.2 Å². The fourth-order valence-electron chi connectivity index (χ4n) is 2.31. The van der Waals surface area contributed by atoms with Gasteiger partial charge < -0.3 is 5.32 Å². The molecule has 3 heteroatoms. The second-order valence-electron chi connectivity index (χ2n) is 6.56. The maximum atomic E-state index is 4.67. The minimum Gasteiger partial charge on any atom is -0.312 e. The van der Waals surface area contributed by atoms with Gasteiger partial charge in [0.25, 0.3) is 0 Å². The van der Waals surface area contributed by atoms with Crippen LogP contribution in [-0.4, -0.2) is 16.3 Å². The van der Waals surface area contributed by atoms with E-state index in [1.165, 1.54) is 11.3 Å². The van der Waals surface area contributed by atoms with E-state index in [-0.39, 0.29) is 0 Å². The Morgan fingerprint density at radius 3 is 2.35 bits per heavy atom. The molecule has 0 saturated heterocycles. The van der Waals surface area contributed by atoms with Crippen LogP contribution in [0.2, 0.25) is 0 Å². The number of nitrogens with one attached hydrogen (secondary N) is 1. The molecule has 0 aliphatic carbocycles. The van der Waals surface area contributed by atoms with E-state index in [4.69, 9.17) is 0 Å². The first-order valence-electron chi connectivity index (χ1n) is 7.20. The number of nitrogens with zero attached hydrogens (tertiary/aromatic N) is 2. The van der Waals surface area contributed by atoms with Gasteiger partial charge >= 0.3 is 0 Å². The molecule has 0 spiro atoms. The van der Waals surface area contributed by atoms with Crippen LogP contribution in [0.5, 0.6) is 0 Å². The summed E-state index contributed by atoms with van der Waals surface area (Å²) in [7, 11) is 0. The fraction of sp³-hybridized carbons (Fsp3) is 0.471. The lowest BCUT2D eigenvalue weighted by Gasteiger charge is -2.18. The van der Waals surface area contributed by atoms with Gasteiger partial charge in [0.2, 0.25) is 0 Å². The van der Waals surface area contributed by atoms with Gasteiger partial charge in [0.05, 0.1) is 11.4 Å². The normalized spacial score (nSPS) is 11.8. The molecule has 2 rings (SSSR count). The quantitative estimate of drug-likeness (QED) is 0.920. The van der Waals surface area contributed by atoms with Gasteiger partial charge in [-0.05, 0) is 31.4 Å². The minimum absolute atomic E-state index is 0.303. The Bertz CT molecular complexity index is 562. The Morgan fingerprint density at radius 1 is 1.10 bits per heavy atom. The second kappa shape index (κ2) is 5.80. The maximum Gasteiger partial charge on any atom is 0.0648 e. The van der Waals surface area contributed by atoms with Crippen LogP contribution in [-0.2, 0) is 6.54 Å². The van der Waals surface area contributed by atoms with Crippen molar-refractivity contribution in [2.24, 2.45) is 5.41 Å². The van der Waals surface area contributed by atoms with Crippen LogP contribution in [0, 0.1) is 19.3 Å². The zero-order valence-corrected chi connectivity index (χ0v) is 13.2. The molecule has 2 aromatic rings. The van der Waals surface area contributed by atoms with Crippen molar-refractivity contribution in [3.05, 3.63) is 47.3 Å². The van der Waals surface area contributed by atoms with Crippen LogP contribution >= 0.6 is 0 Å². The van der Waals surface area contributed by atoms with Crippen molar-refractivity contribution >= 4 is 0 Å². The average molecular weight is 271 g/mol. The Morgan fingerprint density at radius 2 is 1.75 bits per heavy atom. The summed E-state index contributed by atoms with van der Waals surface area (Å²) < 4.78 is 2.03. The van der Waals surface area contributed by atoms with E-state index in [0.29, 0.717) is 5.41 Å². The summed E-state index contributed by atoms with van der Waals surface area (Å²) in [6.45, 7) is 12.8. The van der Waals surface area contributed by atoms with Crippen molar-refractivity contribution in [3.63, 3.8) is 0 Å². The zero-order valence-electron chi connectivity index (χ0n) is 13.2. The van der Waals surface area contributed by atoms with Gasteiger partial charge in [0, 0.05) is 24.3 Å². The minimum atomic E-state index is 0.303. The smallest absolute Gasteiger partial charge is 0.0648 e. The van der Waals surface area contributed by atoms with Crippen molar-refractivity contribution in [1.29, 1.82) is 0 Å². The van der Waals surface area contributed by atoms with Gasteiger partial charge in [-0.1, -0.05) is 39.0 Å². The van der Waals surface area contributed by atoms with E-state index < -0.39 is 0 Å². The summed E-state index contributed by atoms with van der Waals surface area (Å²) in [6, 6.07) is 10.3. The first kappa shape index (κ1) is 14.8. The number of rotatable bonds is 4. The van der Waals surface area contributed by atoms with Crippen LogP contribution in [0.15, 0.2) is 30.3 Å². The molecule has 0 fully saturated rings.